The van der Waals surface area contributed by atoms with Crippen molar-refractivity contribution in [3.05, 3.63) is 59.6 Å². The lowest BCUT2D eigenvalue weighted by Gasteiger charge is -2.20. The lowest BCUT2D eigenvalue weighted by molar-refractivity contribution is 0.0601. The number of fused-ring (bicyclic) bond motifs is 1. The maximum atomic E-state index is 11.7. The van der Waals surface area contributed by atoms with Crippen LogP contribution >= 0.6 is 23.6 Å². The summed E-state index contributed by atoms with van der Waals surface area (Å²) < 4.78 is 16.8. The largest absolute Gasteiger partial charge is 0.465 e. The Bertz CT molecular complexity index is 1180. The fourth-order valence-corrected chi connectivity index (χ4v) is 5.04. The van der Waals surface area contributed by atoms with Crippen LogP contribution in [0.5, 0.6) is 0 Å². The molecular formula is C23H23N5O4S2. The predicted octanol–water partition coefficient (Wildman–Crippen LogP) is 2.93. The van der Waals surface area contributed by atoms with Crippen LogP contribution in [0, 0.1) is 0 Å². The van der Waals surface area contributed by atoms with Gasteiger partial charge in [0, 0.05) is 11.9 Å². The number of thiocarbonyl (C=S) groups is 1. The Morgan fingerprint density at radius 3 is 2.76 bits per heavy atom. The fraction of sp³-hybridized carbons (Fsp3) is 0.304. The molecule has 2 saturated heterocycles. The quantitative estimate of drug-likeness (QED) is 0.348. The first-order chi connectivity index (χ1) is 16.6. The van der Waals surface area contributed by atoms with Crippen molar-refractivity contribution >= 4 is 46.3 Å². The third-order valence-corrected chi connectivity index (χ3v) is 6.77. The summed E-state index contributed by atoms with van der Waals surface area (Å²) in [6, 6.07) is 12.7. The average Bonchev–Trinajstić information content (AvgIpc) is 3.60. The summed E-state index contributed by atoms with van der Waals surface area (Å²) in [7, 11) is 1.35. The smallest absolute Gasteiger partial charge is 0.337 e. The molecule has 2 aliphatic rings. The van der Waals surface area contributed by atoms with Gasteiger partial charge in [-0.05, 0) is 47.9 Å². The first-order valence-corrected chi connectivity index (χ1v) is 12.0. The van der Waals surface area contributed by atoms with Crippen molar-refractivity contribution in [2.75, 3.05) is 31.0 Å². The molecule has 3 N–H and O–H groups in total. The van der Waals surface area contributed by atoms with E-state index in [2.05, 4.69) is 25.9 Å². The van der Waals surface area contributed by atoms with E-state index >= 15 is 0 Å². The molecule has 0 radical (unpaired) electrons. The first-order valence-electron chi connectivity index (χ1n) is 10.7. The molecule has 4 heterocycles. The first kappa shape index (κ1) is 22.7. The molecule has 0 saturated carbocycles. The topological polar surface area (TPSA) is 107 Å². The number of nitrogens with zero attached hydrogens (tertiary/aromatic N) is 2. The van der Waals surface area contributed by atoms with Crippen LogP contribution in [0.4, 0.5) is 11.6 Å². The van der Waals surface area contributed by atoms with Gasteiger partial charge in [-0.15, -0.1) is 11.3 Å². The SMILES string of the molecule is COC(=O)c1cccc(NC(=S)NC2COC3C(Nc4nccc(-c5cccs5)n4)COC23)c1. The van der Waals surface area contributed by atoms with Gasteiger partial charge in [0.15, 0.2) is 5.11 Å². The number of methoxy groups -OCH3 is 1. The zero-order valence-corrected chi connectivity index (χ0v) is 19.9. The molecule has 0 amide bonds. The van der Waals surface area contributed by atoms with Crippen molar-refractivity contribution in [3.8, 4) is 10.6 Å². The maximum absolute atomic E-state index is 11.7. The van der Waals surface area contributed by atoms with Gasteiger partial charge < -0.3 is 30.2 Å². The number of hydrogen-bond acceptors (Lipinski definition) is 9. The van der Waals surface area contributed by atoms with Gasteiger partial charge in [0.1, 0.15) is 12.2 Å². The molecule has 4 unspecified atom stereocenters. The minimum atomic E-state index is -0.405. The second-order valence-electron chi connectivity index (χ2n) is 7.87. The highest BCUT2D eigenvalue weighted by molar-refractivity contribution is 7.80. The number of ether oxygens (including phenoxy) is 3. The number of esters is 1. The lowest BCUT2D eigenvalue weighted by atomic mass is 10.1. The Morgan fingerprint density at radius 2 is 1.97 bits per heavy atom. The number of aromatic nitrogens is 2. The minimum Gasteiger partial charge on any atom is -0.465 e. The number of nitrogens with one attached hydrogen (secondary N) is 3. The molecule has 0 aliphatic carbocycles. The van der Waals surface area contributed by atoms with Crippen molar-refractivity contribution < 1.29 is 19.0 Å². The summed E-state index contributed by atoms with van der Waals surface area (Å²) in [4.78, 5) is 21.8. The Balaban J connectivity index is 1.18. The standard InChI is InChI=1S/C23H23N5O4S2/c1-30-21(29)13-4-2-5-14(10-13)25-23(33)28-17-12-32-19-16(11-31-20(17)19)27-22-24-8-7-15(26-22)18-6-3-9-34-18/h2-10,16-17,19-20H,11-12H2,1H3,(H,24,26,27)(H2,25,28,33). The average molecular weight is 498 g/mol. The van der Waals surface area contributed by atoms with Crippen LogP contribution < -0.4 is 16.0 Å². The van der Waals surface area contributed by atoms with E-state index in [1.54, 1.807) is 35.7 Å². The second-order valence-corrected chi connectivity index (χ2v) is 9.22. The third kappa shape index (κ3) is 4.87. The number of hydrogen-bond donors (Lipinski definition) is 3. The molecule has 0 bridgehead atoms. The van der Waals surface area contributed by atoms with Crippen molar-refractivity contribution in [1.82, 2.24) is 15.3 Å². The number of anilines is 2. The molecule has 11 heteroatoms. The Hall–Kier alpha value is -3.12. The third-order valence-electron chi connectivity index (χ3n) is 5.66. The van der Waals surface area contributed by atoms with Gasteiger partial charge in [-0.1, -0.05) is 12.1 Å². The number of benzene rings is 1. The number of thiophene rings is 1. The van der Waals surface area contributed by atoms with Gasteiger partial charge in [-0.3, -0.25) is 0 Å². The minimum absolute atomic E-state index is 0.0753. The highest BCUT2D eigenvalue weighted by atomic mass is 32.1. The molecule has 1 aromatic carbocycles. The highest BCUT2D eigenvalue weighted by Gasteiger charge is 2.48. The maximum Gasteiger partial charge on any atom is 0.337 e. The number of carbonyl (C=O) groups is 1. The molecule has 9 nitrogen and oxygen atoms in total. The van der Waals surface area contributed by atoms with E-state index in [0.717, 1.165) is 10.6 Å². The molecule has 0 spiro atoms. The van der Waals surface area contributed by atoms with Gasteiger partial charge in [-0.2, -0.15) is 0 Å². The molecule has 2 aromatic heterocycles. The van der Waals surface area contributed by atoms with Crippen molar-refractivity contribution in [1.29, 1.82) is 0 Å². The van der Waals surface area contributed by atoms with E-state index in [4.69, 9.17) is 26.4 Å². The molecule has 34 heavy (non-hydrogen) atoms. The monoisotopic (exact) mass is 497 g/mol. The Labute approximate surface area is 205 Å². The molecule has 4 atom stereocenters. The highest BCUT2D eigenvalue weighted by Crippen LogP contribution is 2.29. The summed E-state index contributed by atoms with van der Waals surface area (Å²) in [6.07, 6.45) is 1.42. The van der Waals surface area contributed by atoms with Crippen LogP contribution in [-0.4, -0.2) is 65.7 Å². The van der Waals surface area contributed by atoms with Crippen LogP contribution in [0.15, 0.2) is 54.0 Å². The zero-order chi connectivity index (χ0) is 23.5. The molecule has 176 valence electrons. The van der Waals surface area contributed by atoms with Gasteiger partial charge in [0.05, 0.1) is 48.5 Å². The van der Waals surface area contributed by atoms with E-state index in [9.17, 15) is 4.79 Å². The fourth-order valence-electron chi connectivity index (χ4n) is 4.08. The van der Waals surface area contributed by atoms with Gasteiger partial charge >= 0.3 is 5.97 Å². The normalized spacial score (nSPS) is 23.2. The van der Waals surface area contributed by atoms with Crippen molar-refractivity contribution in [3.63, 3.8) is 0 Å². The van der Waals surface area contributed by atoms with Crippen LogP contribution in [-0.2, 0) is 14.2 Å². The van der Waals surface area contributed by atoms with Crippen LogP contribution in [0.3, 0.4) is 0 Å². The Morgan fingerprint density at radius 1 is 1.15 bits per heavy atom. The van der Waals surface area contributed by atoms with Crippen LogP contribution in [0.25, 0.3) is 10.6 Å². The van der Waals surface area contributed by atoms with E-state index in [-0.39, 0.29) is 24.3 Å². The molecular weight excluding hydrogens is 474 g/mol. The van der Waals surface area contributed by atoms with Crippen LogP contribution in [0.1, 0.15) is 10.4 Å². The molecule has 3 aromatic rings. The van der Waals surface area contributed by atoms with Gasteiger partial charge in [0.25, 0.3) is 0 Å². The van der Waals surface area contributed by atoms with E-state index < -0.39 is 5.97 Å². The van der Waals surface area contributed by atoms with E-state index in [1.807, 2.05) is 29.6 Å². The summed E-state index contributed by atoms with van der Waals surface area (Å²) in [5.74, 6) is 0.139. The molecule has 2 aliphatic heterocycles. The van der Waals surface area contributed by atoms with E-state index in [1.165, 1.54) is 7.11 Å². The summed E-state index contributed by atoms with van der Waals surface area (Å²) in [5, 5.41) is 12.2. The molecule has 5 rings (SSSR count). The van der Waals surface area contributed by atoms with Crippen molar-refractivity contribution in [2.24, 2.45) is 0 Å². The second kappa shape index (κ2) is 10.0. The Kier molecular flexibility index (Phi) is 6.68. The van der Waals surface area contributed by atoms with Crippen molar-refractivity contribution in [2.45, 2.75) is 24.3 Å². The summed E-state index contributed by atoms with van der Waals surface area (Å²) in [5.41, 5.74) is 2.01. The number of carbonyl (C=O) groups excluding carboxylic acids is 1. The summed E-state index contributed by atoms with van der Waals surface area (Å²) >= 11 is 7.11. The molecule has 2 fully saturated rings. The summed E-state index contributed by atoms with van der Waals surface area (Å²) in [6.45, 7) is 0.926. The van der Waals surface area contributed by atoms with E-state index in [0.29, 0.717) is 35.5 Å². The predicted molar refractivity (Wildman–Crippen MR) is 133 cm³/mol. The van der Waals surface area contributed by atoms with Crippen LogP contribution in [0.2, 0.25) is 0 Å². The zero-order valence-electron chi connectivity index (χ0n) is 18.3. The lowest BCUT2D eigenvalue weighted by Crippen LogP contribution is -2.46. The van der Waals surface area contributed by atoms with Gasteiger partial charge in [0.2, 0.25) is 5.95 Å². The number of rotatable bonds is 6. The van der Waals surface area contributed by atoms with Gasteiger partial charge in [-0.25, -0.2) is 14.8 Å².